The van der Waals surface area contributed by atoms with Crippen LogP contribution in [-0.4, -0.2) is 0 Å². The van der Waals surface area contributed by atoms with Gasteiger partial charge in [-0.05, 0) is 108 Å². The van der Waals surface area contributed by atoms with E-state index in [1.54, 1.807) is 0 Å². The van der Waals surface area contributed by atoms with Crippen molar-refractivity contribution in [3.8, 4) is 22.3 Å². The predicted octanol–water partition coefficient (Wildman–Crippen LogP) is 15.0. The number of anilines is 3. The van der Waals surface area contributed by atoms with Gasteiger partial charge in [-0.25, -0.2) is 0 Å². The summed E-state index contributed by atoms with van der Waals surface area (Å²) in [5, 5.41) is 12.1. The second-order valence-electron chi connectivity index (χ2n) is 14.1. The first-order valence-electron chi connectivity index (χ1n) is 18.5. The molecule has 0 atom stereocenters. The van der Waals surface area contributed by atoms with Gasteiger partial charge in [-0.1, -0.05) is 152 Å². The number of hydrogen-bond acceptors (Lipinski definition) is 2. The van der Waals surface area contributed by atoms with Crippen molar-refractivity contribution < 1.29 is 4.42 Å². The minimum absolute atomic E-state index is 0.903. The molecule has 0 spiro atoms. The molecule has 0 bridgehead atoms. The Hall–Kier alpha value is -7.16. The molecule has 0 unspecified atom stereocenters. The largest absolute Gasteiger partial charge is 0.455 e. The number of benzene rings is 10. The SMILES string of the molecule is c1ccc2cc(N(c3ccc(-c4cccc5c4ccc4ccccc45)cc3)c3ccc(-c4cccc5oc6c7ccccc7ccc6c45)cc3)ccc2c1. The Kier molecular flexibility index (Phi) is 6.90. The molecule has 0 saturated carbocycles. The Morgan fingerprint density at radius 3 is 1.61 bits per heavy atom. The van der Waals surface area contributed by atoms with Gasteiger partial charge < -0.3 is 9.32 Å². The molecular formula is C52H33NO. The van der Waals surface area contributed by atoms with Gasteiger partial charge in [0, 0.05) is 33.2 Å². The third kappa shape index (κ3) is 4.88. The zero-order valence-corrected chi connectivity index (χ0v) is 29.4. The van der Waals surface area contributed by atoms with Gasteiger partial charge in [0.1, 0.15) is 11.2 Å². The van der Waals surface area contributed by atoms with E-state index >= 15 is 0 Å². The number of rotatable bonds is 5. The summed E-state index contributed by atoms with van der Waals surface area (Å²) >= 11 is 0. The molecule has 0 aliphatic heterocycles. The van der Waals surface area contributed by atoms with Gasteiger partial charge in [0.2, 0.25) is 0 Å². The first-order valence-corrected chi connectivity index (χ1v) is 18.5. The Labute approximate surface area is 312 Å². The highest BCUT2D eigenvalue weighted by atomic mass is 16.3. The van der Waals surface area contributed by atoms with Crippen molar-refractivity contribution in [2.45, 2.75) is 0 Å². The van der Waals surface area contributed by atoms with E-state index in [0.717, 1.165) is 55.5 Å². The fraction of sp³-hybridized carbons (Fsp3) is 0. The van der Waals surface area contributed by atoms with Crippen LogP contribution in [0.2, 0.25) is 0 Å². The average molecular weight is 688 g/mol. The monoisotopic (exact) mass is 687 g/mol. The van der Waals surface area contributed by atoms with Crippen molar-refractivity contribution in [1.29, 1.82) is 0 Å². The zero-order chi connectivity index (χ0) is 35.6. The van der Waals surface area contributed by atoms with E-state index in [0.29, 0.717) is 0 Å². The molecule has 1 heterocycles. The minimum atomic E-state index is 0.903. The number of furan rings is 1. The predicted molar refractivity (Wildman–Crippen MR) is 229 cm³/mol. The molecule has 0 radical (unpaired) electrons. The van der Waals surface area contributed by atoms with Crippen LogP contribution < -0.4 is 4.90 Å². The van der Waals surface area contributed by atoms with Crippen LogP contribution in [0.25, 0.3) is 87.3 Å². The van der Waals surface area contributed by atoms with Crippen molar-refractivity contribution in [3.63, 3.8) is 0 Å². The molecule has 2 nitrogen and oxygen atoms in total. The van der Waals surface area contributed by atoms with Crippen molar-refractivity contribution in [1.82, 2.24) is 0 Å². The van der Waals surface area contributed by atoms with Crippen molar-refractivity contribution in [2.24, 2.45) is 0 Å². The summed E-state index contributed by atoms with van der Waals surface area (Å²) in [5.41, 5.74) is 9.89. The van der Waals surface area contributed by atoms with Gasteiger partial charge >= 0.3 is 0 Å². The lowest BCUT2D eigenvalue weighted by atomic mass is 9.94. The average Bonchev–Trinajstić information content (AvgIpc) is 3.64. The van der Waals surface area contributed by atoms with Crippen LogP contribution in [0.3, 0.4) is 0 Å². The van der Waals surface area contributed by atoms with Gasteiger partial charge in [0.15, 0.2) is 0 Å². The quantitative estimate of drug-likeness (QED) is 0.168. The van der Waals surface area contributed by atoms with Crippen LogP contribution in [-0.2, 0) is 0 Å². The highest BCUT2D eigenvalue weighted by Crippen LogP contribution is 2.42. The van der Waals surface area contributed by atoms with E-state index in [2.05, 4.69) is 205 Å². The smallest absolute Gasteiger partial charge is 0.143 e. The molecule has 252 valence electrons. The summed E-state index contributed by atoms with van der Waals surface area (Å²) in [6.07, 6.45) is 0. The van der Waals surface area contributed by atoms with Crippen LogP contribution in [0.1, 0.15) is 0 Å². The van der Waals surface area contributed by atoms with Crippen LogP contribution in [0.5, 0.6) is 0 Å². The zero-order valence-electron chi connectivity index (χ0n) is 29.4. The standard InChI is InChI=1S/C52H33NO/c1-2-12-39-33-42(30-19-34(39)9-1)53(40-26-20-37(21-27-40)44-15-7-17-47-43-13-5-3-10-35(43)24-31-48(44)47)41-28-22-38(23-29-41)45-16-8-18-50-51(45)49-32-25-36-11-4-6-14-46(36)52(49)54-50/h1-33H. The van der Waals surface area contributed by atoms with Gasteiger partial charge in [-0.3, -0.25) is 0 Å². The van der Waals surface area contributed by atoms with Crippen molar-refractivity contribution in [3.05, 3.63) is 200 Å². The molecule has 54 heavy (non-hydrogen) atoms. The van der Waals surface area contributed by atoms with Crippen LogP contribution in [0, 0.1) is 0 Å². The number of fused-ring (bicyclic) bond motifs is 9. The van der Waals surface area contributed by atoms with E-state index in [1.807, 2.05) is 0 Å². The number of nitrogens with zero attached hydrogens (tertiary/aromatic N) is 1. The third-order valence-electron chi connectivity index (χ3n) is 11.0. The second kappa shape index (κ2) is 12.2. The van der Waals surface area contributed by atoms with Crippen LogP contribution in [0.15, 0.2) is 205 Å². The first-order chi connectivity index (χ1) is 26.8. The van der Waals surface area contributed by atoms with E-state index < -0.39 is 0 Å². The third-order valence-corrected chi connectivity index (χ3v) is 11.0. The van der Waals surface area contributed by atoms with Gasteiger partial charge in [-0.2, -0.15) is 0 Å². The molecule has 0 aliphatic rings. The molecule has 0 aliphatic carbocycles. The molecule has 11 aromatic rings. The highest BCUT2D eigenvalue weighted by molar-refractivity contribution is 6.19. The minimum Gasteiger partial charge on any atom is -0.455 e. The fourth-order valence-electron chi connectivity index (χ4n) is 8.43. The van der Waals surface area contributed by atoms with E-state index in [1.165, 1.54) is 48.8 Å². The Bertz CT molecular complexity index is 3210. The maximum absolute atomic E-state index is 6.52. The molecule has 0 amide bonds. The lowest BCUT2D eigenvalue weighted by Crippen LogP contribution is -2.09. The van der Waals surface area contributed by atoms with E-state index in [4.69, 9.17) is 4.42 Å². The lowest BCUT2D eigenvalue weighted by molar-refractivity contribution is 0.673. The molecule has 11 rings (SSSR count). The summed E-state index contributed by atoms with van der Waals surface area (Å²) in [5.74, 6) is 0. The highest BCUT2D eigenvalue weighted by Gasteiger charge is 2.17. The molecule has 0 N–H and O–H groups in total. The van der Waals surface area contributed by atoms with Crippen LogP contribution in [0.4, 0.5) is 17.1 Å². The van der Waals surface area contributed by atoms with E-state index in [-0.39, 0.29) is 0 Å². The van der Waals surface area contributed by atoms with Gasteiger partial charge in [0.05, 0.1) is 0 Å². The summed E-state index contributed by atoms with van der Waals surface area (Å²) in [6, 6.07) is 72.3. The van der Waals surface area contributed by atoms with Crippen LogP contribution >= 0.6 is 0 Å². The van der Waals surface area contributed by atoms with E-state index in [9.17, 15) is 0 Å². The maximum atomic E-state index is 6.52. The molecular weight excluding hydrogens is 655 g/mol. The normalized spacial score (nSPS) is 11.7. The molecule has 1 aromatic heterocycles. The molecule has 0 fully saturated rings. The summed E-state index contributed by atoms with van der Waals surface area (Å²) in [4.78, 5) is 2.36. The maximum Gasteiger partial charge on any atom is 0.143 e. The van der Waals surface area contributed by atoms with Crippen molar-refractivity contribution in [2.75, 3.05) is 4.90 Å². The summed E-state index contributed by atoms with van der Waals surface area (Å²) in [6.45, 7) is 0. The van der Waals surface area contributed by atoms with Crippen molar-refractivity contribution >= 4 is 82.1 Å². The Morgan fingerprint density at radius 1 is 0.315 bits per heavy atom. The lowest BCUT2D eigenvalue weighted by Gasteiger charge is -2.26. The Balaban J connectivity index is 1.02. The summed E-state index contributed by atoms with van der Waals surface area (Å²) in [7, 11) is 0. The topological polar surface area (TPSA) is 16.4 Å². The molecule has 0 saturated heterocycles. The number of hydrogen-bond donors (Lipinski definition) is 0. The Morgan fingerprint density at radius 2 is 0.852 bits per heavy atom. The van der Waals surface area contributed by atoms with Gasteiger partial charge in [0.25, 0.3) is 0 Å². The fourth-order valence-corrected chi connectivity index (χ4v) is 8.43. The second-order valence-corrected chi connectivity index (χ2v) is 14.1. The van der Waals surface area contributed by atoms with Gasteiger partial charge in [-0.15, -0.1) is 0 Å². The summed E-state index contributed by atoms with van der Waals surface area (Å²) < 4.78 is 6.52. The first kappa shape index (κ1) is 30.5. The molecule has 2 heteroatoms. The molecule has 10 aromatic carbocycles.